The molecule has 1 unspecified atom stereocenters. The molecule has 1 N–H and O–H groups in total. The minimum absolute atomic E-state index is 0.204. The molecule has 1 aromatic rings. The molecule has 1 aromatic carbocycles. The lowest BCUT2D eigenvalue weighted by molar-refractivity contribution is 0.245. The summed E-state index contributed by atoms with van der Waals surface area (Å²) >= 11 is 0. The molecule has 0 heterocycles. The zero-order valence-corrected chi connectivity index (χ0v) is 14.8. The summed E-state index contributed by atoms with van der Waals surface area (Å²) in [6.45, 7) is 10.8. The van der Waals surface area contributed by atoms with Crippen molar-refractivity contribution in [3.05, 3.63) is 29.8 Å². The zero-order valence-electron chi connectivity index (χ0n) is 14.8. The van der Waals surface area contributed by atoms with Gasteiger partial charge in [0.05, 0.1) is 6.61 Å². The highest BCUT2D eigenvalue weighted by Crippen LogP contribution is 2.24. The predicted octanol–water partition coefficient (Wildman–Crippen LogP) is 4.92. The lowest BCUT2D eigenvalue weighted by atomic mass is 9.87. The molecule has 0 aromatic heterocycles. The Hall–Kier alpha value is -1.02. The Morgan fingerprint density at radius 2 is 1.73 bits per heavy atom. The Morgan fingerprint density at radius 3 is 2.32 bits per heavy atom. The van der Waals surface area contributed by atoms with Gasteiger partial charge in [0.25, 0.3) is 0 Å². The predicted molar refractivity (Wildman–Crippen MR) is 94.7 cm³/mol. The van der Waals surface area contributed by atoms with Crippen LogP contribution in [0.25, 0.3) is 0 Å². The summed E-state index contributed by atoms with van der Waals surface area (Å²) in [5, 5.41) is 3.71. The lowest BCUT2D eigenvalue weighted by Crippen LogP contribution is -2.35. The molecular formula is C20H33NO. The van der Waals surface area contributed by atoms with Crippen LogP contribution in [-0.2, 0) is 5.41 Å². The van der Waals surface area contributed by atoms with E-state index in [1.807, 2.05) is 0 Å². The third kappa shape index (κ3) is 5.64. The van der Waals surface area contributed by atoms with Gasteiger partial charge in [-0.15, -0.1) is 0 Å². The van der Waals surface area contributed by atoms with Crippen LogP contribution in [0.3, 0.4) is 0 Å². The molecule has 1 aliphatic carbocycles. The van der Waals surface area contributed by atoms with Gasteiger partial charge in [0, 0.05) is 18.5 Å². The van der Waals surface area contributed by atoms with Gasteiger partial charge >= 0.3 is 0 Å². The minimum atomic E-state index is 0.204. The molecule has 1 saturated carbocycles. The van der Waals surface area contributed by atoms with Crippen molar-refractivity contribution >= 4 is 0 Å². The fourth-order valence-corrected chi connectivity index (χ4v) is 3.02. The highest BCUT2D eigenvalue weighted by atomic mass is 16.5. The van der Waals surface area contributed by atoms with E-state index < -0.39 is 0 Å². The summed E-state index contributed by atoms with van der Waals surface area (Å²) in [5.74, 6) is 1.53. The zero-order chi connectivity index (χ0) is 16.0. The van der Waals surface area contributed by atoms with Gasteiger partial charge in [-0.1, -0.05) is 59.1 Å². The molecule has 1 fully saturated rings. The molecule has 0 spiro atoms. The van der Waals surface area contributed by atoms with Crippen LogP contribution in [0, 0.1) is 5.92 Å². The first-order valence-electron chi connectivity index (χ1n) is 8.92. The van der Waals surface area contributed by atoms with Crippen LogP contribution in [-0.4, -0.2) is 19.2 Å². The Bertz CT molecular complexity index is 426. The number of hydrogen-bond acceptors (Lipinski definition) is 2. The van der Waals surface area contributed by atoms with E-state index in [0.29, 0.717) is 5.92 Å². The van der Waals surface area contributed by atoms with Gasteiger partial charge in [0.1, 0.15) is 5.75 Å². The van der Waals surface area contributed by atoms with Crippen molar-refractivity contribution in [1.29, 1.82) is 0 Å². The second-order valence-corrected chi connectivity index (χ2v) is 7.93. The second-order valence-electron chi connectivity index (χ2n) is 7.93. The summed E-state index contributed by atoms with van der Waals surface area (Å²) in [6, 6.07) is 9.30. The summed E-state index contributed by atoms with van der Waals surface area (Å²) in [5.41, 5.74) is 1.56. The highest BCUT2D eigenvalue weighted by Gasteiger charge is 2.15. The average molecular weight is 303 g/mol. The van der Waals surface area contributed by atoms with Crippen LogP contribution in [0.5, 0.6) is 5.75 Å². The van der Waals surface area contributed by atoms with E-state index in [-0.39, 0.29) is 5.41 Å². The Labute approximate surface area is 136 Å². The third-order valence-electron chi connectivity index (χ3n) is 4.62. The number of rotatable bonds is 6. The van der Waals surface area contributed by atoms with Gasteiger partial charge in [-0.05, 0) is 36.0 Å². The van der Waals surface area contributed by atoms with Crippen molar-refractivity contribution in [3.63, 3.8) is 0 Å². The molecule has 0 saturated heterocycles. The van der Waals surface area contributed by atoms with Crippen molar-refractivity contribution in [2.45, 2.75) is 71.3 Å². The SMILES string of the molecule is CC(CNC1CCCCC1)COc1ccc(C(C)(C)C)cc1. The van der Waals surface area contributed by atoms with Crippen LogP contribution >= 0.6 is 0 Å². The van der Waals surface area contributed by atoms with Crippen molar-refractivity contribution in [3.8, 4) is 5.75 Å². The Balaban J connectivity index is 1.70. The molecule has 1 aliphatic rings. The van der Waals surface area contributed by atoms with Crippen LogP contribution in [0.4, 0.5) is 0 Å². The van der Waals surface area contributed by atoms with Crippen molar-refractivity contribution in [2.24, 2.45) is 5.92 Å². The second kappa shape index (κ2) is 8.01. The van der Waals surface area contributed by atoms with Crippen molar-refractivity contribution in [1.82, 2.24) is 5.32 Å². The van der Waals surface area contributed by atoms with Gasteiger partial charge < -0.3 is 10.1 Å². The maximum absolute atomic E-state index is 5.94. The molecule has 0 radical (unpaired) electrons. The first-order chi connectivity index (χ1) is 10.4. The molecule has 2 heteroatoms. The maximum Gasteiger partial charge on any atom is 0.119 e. The Morgan fingerprint density at radius 1 is 1.09 bits per heavy atom. The average Bonchev–Trinajstić information content (AvgIpc) is 2.51. The van der Waals surface area contributed by atoms with Crippen molar-refractivity contribution in [2.75, 3.05) is 13.2 Å². The number of ether oxygens (including phenoxy) is 1. The molecule has 2 rings (SSSR count). The summed E-state index contributed by atoms with van der Waals surface area (Å²) in [4.78, 5) is 0. The topological polar surface area (TPSA) is 21.3 Å². The molecule has 2 nitrogen and oxygen atoms in total. The largest absolute Gasteiger partial charge is 0.493 e. The van der Waals surface area contributed by atoms with Crippen LogP contribution < -0.4 is 10.1 Å². The van der Waals surface area contributed by atoms with Gasteiger partial charge in [-0.25, -0.2) is 0 Å². The quantitative estimate of drug-likeness (QED) is 0.805. The Kier molecular flexibility index (Phi) is 6.31. The van der Waals surface area contributed by atoms with E-state index in [0.717, 1.165) is 24.9 Å². The van der Waals surface area contributed by atoms with E-state index in [1.165, 1.54) is 37.7 Å². The molecule has 1 atom stereocenters. The van der Waals surface area contributed by atoms with Gasteiger partial charge in [-0.2, -0.15) is 0 Å². The van der Waals surface area contributed by atoms with E-state index in [1.54, 1.807) is 0 Å². The van der Waals surface area contributed by atoms with Crippen LogP contribution in [0.1, 0.15) is 65.4 Å². The summed E-state index contributed by atoms with van der Waals surface area (Å²) < 4.78 is 5.94. The number of nitrogens with one attached hydrogen (secondary N) is 1. The van der Waals surface area contributed by atoms with E-state index in [4.69, 9.17) is 4.74 Å². The van der Waals surface area contributed by atoms with Crippen LogP contribution in [0.2, 0.25) is 0 Å². The van der Waals surface area contributed by atoms with E-state index in [2.05, 4.69) is 57.3 Å². The lowest BCUT2D eigenvalue weighted by Gasteiger charge is -2.24. The number of hydrogen-bond donors (Lipinski definition) is 1. The van der Waals surface area contributed by atoms with Crippen molar-refractivity contribution < 1.29 is 4.74 Å². The first-order valence-corrected chi connectivity index (χ1v) is 8.92. The monoisotopic (exact) mass is 303 g/mol. The highest BCUT2D eigenvalue weighted by molar-refractivity contribution is 5.31. The smallest absolute Gasteiger partial charge is 0.119 e. The van der Waals surface area contributed by atoms with Gasteiger partial charge in [-0.3, -0.25) is 0 Å². The van der Waals surface area contributed by atoms with Gasteiger partial charge in [0.15, 0.2) is 0 Å². The normalized spacial score (nSPS) is 18.2. The van der Waals surface area contributed by atoms with Gasteiger partial charge in [0.2, 0.25) is 0 Å². The van der Waals surface area contributed by atoms with Crippen LogP contribution in [0.15, 0.2) is 24.3 Å². The molecule has 0 amide bonds. The van der Waals surface area contributed by atoms with E-state index >= 15 is 0 Å². The first kappa shape index (κ1) is 17.3. The summed E-state index contributed by atoms with van der Waals surface area (Å²) in [6.07, 6.45) is 6.90. The molecule has 0 bridgehead atoms. The number of benzene rings is 1. The molecule has 0 aliphatic heterocycles. The molecule has 22 heavy (non-hydrogen) atoms. The molecular weight excluding hydrogens is 270 g/mol. The fourth-order valence-electron chi connectivity index (χ4n) is 3.02. The fraction of sp³-hybridized carbons (Fsp3) is 0.700. The summed E-state index contributed by atoms with van der Waals surface area (Å²) in [7, 11) is 0. The third-order valence-corrected chi connectivity index (χ3v) is 4.62. The maximum atomic E-state index is 5.94. The minimum Gasteiger partial charge on any atom is -0.493 e. The standard InChI is InChI=1S/C20H33NO/c1-16(14-21-18-8-6-5-7-9-18)15-22-19-12-10-17(11-13-19)20(2,3)4/h10-13,16,18,21H,5-9,14-15H2,1-4H3. The van der Waals surface area contributed by atoms with E-state index in [9.17, 15) is 0 Å². The molecule has 124 valence electrons.